The van der Waals surface area contributed by atoms with Gasteiger partial charge in [-0.2, -0.15) is 0 Å². The standard InChI is InChI=1S/C9H16N4O2S/c1-7-8(2)13-9(6-11-7)10-4-5-12-16(3,14)15/h6,12H,4-5H2,1-3H3,(H,10,13). The van der Waals surface area contributed by atoms with Crippen LogP contribution < -0.4 is 10.0 Å². The third-order valence-corrected chi connectivity index (χ3v) is 2.72. The van der Waals surface area contributed by atoms with Crippen molar-refractivity contribution in [3.8, 4) is 0 Å². The Kier molecular flexibility index (Phi) is 4.19. The average Bonchev–Trinajstić information content (AvgIpc) is 2.17. The van der Waals surface area contributed by atoms with Crippen LogP contribution in [0.1, 0.15) is 11.4 Å². The second-order valence-electron chi connectivity index (χ2n) is 3.52. The largest absolute Gasteiger partial charge is 0.367 e. The Morgan fingerprint density at radius 1 is 1.25 bits per heavy atom. The van der Waals surface area contributed by atoms with Crippen LogP contribution >= 0.6 is 0 Å². The lowest BCUT2D eigenvalue weighted by atomic mass is 10.3. The number of anilines is 1. The molecule has 0 aromatic carbocycles. The van der Waals surface area contributed by atoms with Gasteiger partial charge in [-0.15, -0.1) is 0 Å². The summed E-state index contributed by atoms with van der Waals surface area (Å²) in [5, 5.41) is 2.98. The number of hydrogen-bond donors (Lipinski definition) is 2. The fourth-order valence-electron chi connectivity index (χ4n) is 1.05. The van der Waals surface area contributed by atoms with Gasteiger partial charge in [0.2, 0.25) is 10.0 Å². The van der Waals surface area contributed by atoms with Gasteiger partial charge in [0.25, 0.3) is 0 Å². The number of aryl methyl sites for hydroxylation is 2. The first-order chi connectivity index (χ1) is 7.38. The molecule has 1 aromatic rings. The SMILES string of the molecule is Cc1ncc(NCCNS(C)(=O)=O)nc1C. The fourth-order valence-corrected chi connectivity index (χ4v) is 1.53. The first-order valence-corrected chi connectivity index (χ1v) is 6.76. The average molecular weight is 244 g/mol. The van der Waals surface area contributed by atoms with E-state index in [1.807, 2.05) is 13.8 Å². The molecule has 0 atom stereocenters. The summed E-state index contributed by atoms with van der Waals surface area (Å²) in [6.07, 6.45) is 2.76. The van der Waals surface area contributed by atoms with Crippen LogP contribution in [0.15, 0.2) is 6.20 Å². The van der Waals surface area contributed by atoms with Crippen molar-refractivity contribution in [3.63, 3.8) is 0 Å². The summed E-state index contributed by atoms with van der Waals surface area (Å²) in [6.45, 7) is 4.57. The maximum absolute atomic E-state index is 10.8. The molecule has 0 aliphatic rings. The van der Waals surface area contributed by atoms with Gasteiger partial charge in [-0.3, -0.25) is 4.98 Å². The molecule has 0 fully saturated rings. The minimum absolute atomic E-state index is 0.327. The quantitative estimate of drug-likeness (QED) is 0.715. The summed E-state index contributed by atoms with van der Waals surface area (Å²) < 4.78 is 23.9. The molecule has 1 aromatic heterocycles. The van der Waals surface area contributed by atoms with Gasteiger partial charge in [0.15, 0.2) is 0 Å². The molecule has 0 spiro atoms. The Labute approximate surface area is 95.6 Å². The molecule has 0 aliphatic carbocycles. The summed E-state index contributed by atoms with van der Waals surface area (Å²) in [5.74, 6) is 0.651. The number of rotatable bonds is 5. The van der Waals surface area contributed by atoms with Crippen molar-refractivity contribution in [2.24, 2.45) is 0 Å². The van der Waals surface area contributed by atoms with E-state index in [1.54, 1.807) is 6.20 Å². The third kappa shape index (κ3) is 4.54. The van der Waals surface area contributed by atoms with Gasteiger partial charge in [-0.05, 0) is 13.8 Å². The Balaban J connectivity index is 2.41. The highest BCUT2D eigenvalue weighted by Gasteiger charge is 2.00. The molecular weight excluding hydrogens is 228 g/mol. The zero-order chi connectivity index (χ0) is 12.2. The molecule has 0 amide bonds. The van der Waals surface area contributed by atoms with Gasteiger partial charge < -0.3 is 5.32 Å². The summed E-state index contributed by atoms with van der Waals surface area (Å²) >= 11 is 0. The van der Waals surface area contributed by atoms with Crippen molar-refractivity contribution in [1.82, 2.24) is 14.7 Å². The van der Waals surface area contributed by atoms with E-state index in [0.29, 0.717) is 18.9 Å². The second kappa shape index (κ2) is 5.22. The first kappa shape index (κ1) is 12.9. The van der Waals surface area contributed by atoms with Gasteiger partial charge >= 0.3 is 0 Å². The van der Waals surface area contributed by atoms with Crippen LogP contribution in [0.3, 0.4) is 0 Å². The molecule has 0 saturated heterocycles. The number of aromatic nitrogens is 2. The van der Waals surface area contributed by atoms with Crippen molar-refractivity contribution < 1.29 is 8.42 Å². The van der Waals surface area contributed by atoms with E-state index in [1.165, 1.54) is 0 Å². The Morgan fingerprint density at radius 2 is 1.94 bits per heavy atom. The summed E-state index contributed by atoms with van der Waals surface area (Å²) in [6, 6.07) is 0. The van der Waals surface area contributed by atoms with Crippen molar-refractivity contribution in [2.75, 3.05) is 24.7 Å². The van der Waals surface area contributed by atoms with E-state index in [0.717, 1.165) is 17.6 Å². The fraction of sp³-hybridized carbons (Fsp3) is 0.556. The van der Waals surface area contributed by atoms with Gasteiger partial charge in [-0.1, -0.05) is 0 Å². The molecule has 0 bridgehead atoms. The lowest BCUT2D eigenvalue weighted by Gasteiger charge is -2.07. The molecule has 0 saturated carbocycles. The van der Waals surface area contributed by atoms with E-state index in [9.17, 15) is 8.42 Å². The molecule has 16 heavy (non-hydrogen) atoms. The Morgan fingerprint density at radius 3 is 2.50 bits per heavy atom. The van der Waals surface area contributed by atoms with Crippen molar-refractivity contribution in [3.05, 3.63) is 17.6 Å². The van der Waals surface area contributed by atoms with Crippen LogP contribution in [0.2, 0.25) is 0 Å². The zero-order valence-electron chi connectivity index (χ0n) is 9.61. The summed E-state index contributed by atoms with van der Waals surface area (Å²) in [7, 11) is -3.12. The normalized spacial score (nSPS) is 11.4. The highest BCUT2D eigenvalue weighted by molar-refractivity contribution is 7.88. The molecule has 0 aliphatic heterocycles. The van der Waals surface area contributed by atoms with E-state index >= 15 is 0 Å². The molecule has 1 rings (SSSR count). The van der Waals surface area contributed by atoms with Crippen LogP contribution in [0.5, 0.6) is 0 Å². The summed E-state index contributed by atoms with van der Waals surface area (Å²) in [4.78, 5) is 8.40. The van der Waals surface area contributed by atoms with Crippen LogP contribution in [0.4, 0.5) is 5.82 Å². The lowest BCUT2D eigenvalue weighted by molar-refractivity contribution is 0.589. The van der Waals surface area contributed by atoms with Crippen molar-refractivity contribution >= 4 is 15.8 Å². The number of hydrogen-bond acceptors (Lipinski definition) is 5. The van der Waals surface area contributed by atoms with Gasteiger partial charge in [0, 0.05) is 13.1 Å². The maximum Gasteiger partial charge on any atom is 0.208 e. The second-order valence-corrected chi connectivity index (χ2v) is 5.35. The monoisotopic (exact) mass is 244 g/mol. The molecule has 7 heteroatoms. The van der Waals surface area contributed by atoms with E-state index < -0.39 is 10.0 Å². The highest BCUT2D eigenvalue weighted by Crippen LogP contribution is 2.04. The molecule has 2 N–H and O–H groups in total. The van der Waals surface area contributed by atoms with E-state index in [-0.39, 0.29) is 0 Å². The predicted molar refractivity (Wildman–Crippen MR) is 62.8 cm³/mol. The summed E-state index contributed by atoms with van der Waals surface area (Å²) in [5.41, 5.74) is 1.75. The predicted octanol–water partition coefficient (Wildman–Crippen LogP) is 0.0545. The van der Waals surface area contributed by atoms with Crippen LogP contribution in [-0.4, -0.2) is 37.7 Å². The van der Waals surface area contributed by atoms with Gasteiger partial charge in [0.05, 0.1) is 23.8 Å². The van der Waals surface area contributed by atoms with E-state index in [2.05, 4.69) is 20.0 Å². The highest BCUT2D eigenvalue weighted by atomic mass is 32.2. The molecule has 1 heterocycles. The minimum Gasteiger partial charge on any atom is -0.367 e. The van der Waals surface area contributed by atoms with Gasteiger partial charge in [0.1, 0.15) is 5.82 Å². The number of nitrogens with one attached hydrogen (secondary N) is 2. The van der Waals surface area contributed by atoms with Crippen molar-refractivity contribution in [1.29, 1.82) is 0 Å². The van der Waals surface area contributed by atoms with E-state index in [4.69, 9.17) is 0 Å². The molecule has 0 unspecified atom stereocenters. The molecule has 90 valence electrons. The van der Waals surface area contributed by atoms with Crippen molar-refractivity contribution in [2.45, 2.75) is 13.8 Å². The first-order valence-electron chi connectivity index (χ1n) is 4.87. The Bertz CT molecular complexity index is 459. The molecular formula is C9H16N4O2S. The molecule has 6 nitrogen and oxygen atoms in total. The van der Waals surface area contributed by atoms with Crippen LogP contribution in [0, 0.1) is 13.8 Å². The minimum atomic E-state index is -3.12. The topological polar surface area (TPSA) is 84.0 Å². The lowest BCUT2D eigenvalue weighted by Crippen LogP contribution is -2.27. The third-order valence-electron chi connectivity index (χ3n) is 1.99. The van der Waals surface area contributed by atoms with Crippen LogP contribution in [-0.2, 0) is 10.0 Å². The molecule has 0 radical (unpaired) electrons. The smallest absolute Gasteiger partial charge is 0.208 e. The number of nitrogens with zero attached hydrogens (tertiary/aromatic N) is 2. The Hall–Kier alpha value is -1.21. The maximum atomic E-state index is 10.8. The van der Waals surface area contributed by atoms with Gasteiger partial charge in [-0.25, -0.2) is 18.1 Å². The zero-order valence-corrected chi connectivity index (χ0v) is 10.4. The number of sulfonamides is 1. The van der Waals surface area contributed by atoms with Crippen LogP contribution in [0.25, 0.3) is 0 Å².